The summed E-state index contributed by atoms with van der Waals surface area (Å²) in [5.41, 5.74) is 4.06. The maximum atomic E-state index is 13.7. The number of amides is 4. The van der Waals surface area contributed by atoms with Crippen LogP contribution in [0.5, 0.6) is 0 Å². The summed E-state index contributed by atoms with van der Waals surface area (Å²) in [7, 11) is 0. The molecule has 2 saturated heterocycles. The van der Waals surface area contributed by atoms with Crippen molar-refractivity contribution in [2.24, 2.45) is 11.3 Å². The van der Waals surface area contributed by atoms with Gasteiger partial charge in [0.2, 0.25) is 17.7 Å². The lowest BCUT2D eigenvalue weighted by molar-refractivity contribution is -0.144. The van der Waals surface area contributed by atoms with Crippen LogP contribution in [0.2, 0.25) is 0 Å². The van der Waals surface area contributed by atoms with Gasteiger partial charge in [0.25, 0.3) is 0 Å². The Bertz CT molecular complexity index is 1320. The normalized spacial score (nSPS) is 19.4. The zero-order valence-corrected chi connectivity index (χ0v) is 26.6. The third-order valence-corrected chi connectivity index (χ3v) is 9.05. The number of hydrogen-bond acceptors (Lipinski definition) is 8. The first-order chi connectivity index (χ1) is 20.8. The van der Waals surface area contributed by atoms with E-state index in [1.54, 1.807) is 11.3 Å². The van der Waals surface area contributed by atoms with Crippen molar-refractivity contribution in [3.05, 3.63) is 41.0 Å². The van der Waals surface area contributed by atoms with Crippen molar-refractivity contribution in [3.8, 4) is 10.4 Å². The van der Waals surface area contributed by atoms with Crippen LogP contribution >= 0.6 is 11.3 Å². The zero-order valence-electron chi connectivity index (χ0n) is 25.7. The maximum absolute atomic E-state index is 13.7. The van der Waals surface area contributed by atoms with Crippen molar-refractivity contribution in [1.29, 1.82) is 0 Å². The molecular formula is C31H43N5O7S. The molecule has 0 radical (unpaired) electrons. The topological polar surface area (TPSA) is 161 Å². The minimum absolute atomic E-state index is 0.000753. The molecular weight excluding hydrogens is 586 g/mol. The molecule has 44 heavy (non-hydrogen) atoms. The van der Waals surface area contributed by atoms with Gasteiger partial charge in [-0.2, -0.15) is 0 Å². The number of benzene rings is 1. The van der Waals surface area contributed by atoms with E-state index in [0.717, 1.165) is 28.1 Å². The van der Waals surface area contributed by atoms with E-state index in [9.17, 15) is 24.3 Å². The molecule has 3 heterocycles. The number of ether oxygens (including phenoxy) is 1. The number of carboxylic acid groups (broad SMARTS) is 1. The van der Waals surface area contributed by atoms with Gasteiger partial charge < -0.3 is 35.4 Å². The summed E-state index contributed by atoms with van der Waals surface area (Å²) in [5.74, 6) is -0.930. The Labute approximate surface area is 261 Å². The Morgan fingerprint density at radius 2 is 1.84 bits per heavy atom. The highest BCUT2D eigenvalue weighted by molar-refractivity contribution is 7.13. The van der Waals surface area contributed by atoms with Gasteiger partial charge in [0.15, 0.2) is 0 Å². The highest BCUT2D eigenvalue weighted by Crippen LogP contribution is 2.28. The average molecular weight is 630 g/mol. The lowest BCUT2D eigenvalue weighted by atomic mass is 9.85. The summed E-state index contributed by atoms with van der Waals surface area (Å²) < 4.78 is 5.52. The minimum atomic E-state index is -0.932. The number of aliphatic hydroxyl groups excluding tert-OH is 1. The number of hydrogen-bond donors (Lipinski definition) is 4. The van der Waals surface area contributed by atoms with Gasteiger partial charge in [-0.25, -0.2) is 9.78 Å². The van der Waals surface area contributed by atoms with E-state index in [2.05, 4.69) is 15.6 Å². The molecule has 4 amide bonds. The van der Waals surface area contributed by atoms with Gasteiger partial charge in [-0.05, 0) is 42.2 Å². The second kappa shape index (κ2) is 14.5. The number of β-amino-alcohol motifs (C(OH)–C–C–N with tert-alkyl or cyclic N) is 1. The second-order valence-corrected chi connectivity index (χ2v) is 13.5. The summed E-state index contributed by atoms with van der Waals surface area (Å²) in [6, 6.07) is 6.06. The van der Waals surface area contributed by atoms with Gasteiger partial charge in [-0.3, -0.25) is 14.4 Å². The molecule has 12 nitrogen and oxygen atoms in total. The standard InChI is InChI=1S/C31H43N5O7S/c1-19-26(44-18-33-19)22-9-7-20(8-10-22)13-32-28(39)24-12-23(37)16-36(24)29(40)27(31(2,3)4)34-25(38)17-43-11-5-6-21-14-35(15-21)30(41)42/h7-10,18,21,23-24,27,37H,5-6,11-17H2,1-4H3,(H,32,39)(H,34,38)(H,41,42)/t23-,24+,27?/m1/s1. The fraction of sp³-hybridized carbons (Fsp3) is 0.581. The lowest BCUT2D eigenvalue weighted by Gasteiger charge is -2.37. The highest BCUT2D eigenvalue weighted by atomic mass is 32.1. The second-order valence-electron chi connectivity index (χ2n) is 12.7. The molecule has 240 valence electrons. The summed E-state index contributed by atoms with van der Waals surface area (Å²) in [6.45, 7) is 8.89. The largest absolute Gasteiger partial charge is 0.465 e. The lowest BCUT2D eigenvalue weighted by Crippen LogP contribution is -2.58. The third-order valence-electron chi connectivity index (χ3n) is 8.07. The predicted molar refractivity (Wildman–Crippen MR) is 165 cm³/mol. The van der Waals surface area contributed by atoms with Crippen molar-refractivity contribution in [3.63, 3.8) is 0 Å². The first-order valence-corrected chi connectivity index (χ1v) is 15.8. The maximum Gasteiger partial charge on any atom is 0.407 e. The van der Waals surface area contributed by atoms with Gasteiger partial charge in [0.1, 0.15) is 18.7 Å². The number of aliphatic hydroxyl groups is 1. The van der Waals surface area contributed by atoms with E-state index < -0.39 is 41.5 Å². The van der Waals surface area contributed by atoms with Crippen LogP contribution in [-0.4, -0.2) is 99.8 Å². The van der Waals surface area contributed by atoms with E-state index in [-0.39, 0.29) is 32.0 Å². The molecule has 0 spiro atoms. The quantitative estimate of drug-likeness (QED) is 0.261. The molecule has 1 unspecified atom stereocenters. The molecule has 0 bridgehead atoms. The van der Waals surface area contributed by atoms with E-state index in [4.69, 9.17) is 9.84 Å². The van der Waals surface area contributed by atoms with Crippen LogP contribution in [0.4, 0.5) is 4.79 Å². The molecule has 1 aromatic carbocycles. The number of carbonyl (C=O) groups excluding carboxylic acids is 3. The number of aromatic nitrogens is 1. The SMILES string of the molecule is Cc1ncsc1-c1ccc(CNC(=O)[C@@H]2C[C@@H](O)CN2C(=O)C(NC(=O)COCCCC2CN(C(=O)O)C2)C(C)(C)C)cc1. The molecule has 4 rings (SSSR count). The fourth-order valence-electron chi connectivity index (χ4n) is 5.53. The van der Waals surface area contributed by atoms with Crippen LogP contribution in [0.15, 0.2) is 29.8 Å². The fourth-order valence-corrected chi connectivity index (χ4v) is 6.34. The van der Waals surface area contributed by atoms with E-state index in [1.165, 1.54) is 9.80 Å². The third kappa shape index (κ3) is 8.54. The number of aryl methyl sites for hydroxylation is 1. The molecule has 4 N–H and O–H groups in total. The van der Waals surface area contributed by atoms with Crippen molar-refractivity contribution < 1.29 is 34.1 Å². The summed E-state index contributed by atoms with van der Waals surface area (Å²) in [5, 5.41) is 25.0. The van der Waals surface area contributed by atoms with Gasteiger partial charge in [-0.1, -0.05) is 45.0 Å². The van der Waals surface area contributed by atoms with Crippen molar-refractivity contribution in [2.45, 2.75) is 71.7 Å². The molecule has 0 aliphatic carbocycles. The van der Waals surface area contributed by atoms with Crippen molar-refractivity contribution in [2.75, 3.05) is 32.8 Å². The number of nitrogens with one attached hydrogen (secondary N) is 2. The van der Waals surface area contributed by atoms with E-state index in [0.29, 0.717) is 32.0 Å². The van der Waals surface area contributed by atoms with Crippen molar-refractivity contribution >= 4 is 35.2 Å². The van der Waals surface area contributed by atoms with Gasteiger partial charge >= 0.3 is 6.09 Å². The predicted octanol–water partition coefficient (Wildman–Crippen LogP) is 2.63. The average Bonchev–Trinajstić information content (AvgIpc) is 3.55. The molecule has 0 saturated carbocycles. The zero-order chi connectivity index (χ0) is 32.0. The van der Waals surface area contributed by atoms with Crippen LogP contribution < -0.4 is 10.6 Å². The Balaban J connectivity index is 1.27. The van der Waals surface area contributed by atoms with Gasteiger partial charge in [-0.15, -0.1) is 11.3 Å². The smallest absolute Gasteiger partial charge is 0.407 e. The van der Waals surface area contributed by atoms with Crippen LogP contribution in [-0.2, 0) is 25.7 Å². The minimum Gasteiger partial charge on any atom is -0.465 e. The Morgan fingerprint density at radius 3 is 2.45 bits per heavy atom. The Kier molecular flexibility index (Phi) is 11.0. The Morgan fingerprint density at radius 1 is 1.14 bits per heavy atom. The highest BCUT2D eigenvalue weighted by Gasteiger charge is 2.44. The van der Waals surface area contributed by atoms with Crippen LogP contribution in [0.3, 0.4) is 0 Å². The van der Waals surface area contributed by atoms with Gasteiger partial charge in [0.05, 0.1) is 22.2 Å². The molecule has 2 aliphatic rings. The number of carbonyl (C=O) groups is 4. The molecule has 2 aliphatic heterocycles. The van der Waals surface area contributed by atoms with Crippen LogP contribution in [0.1, 0.15) is 51.3 Å². The number of nitrogens with zero attached hydrogens (tertiary/aromatic N) is 3. The summed E-state index contributed by atoms with van der Waals surface area (Å²) >= 11 is 1.57. The molecule has 2 fully saturated rings. The molecule has 13 heteroatoms. The summed E-state index contributed by atoms with van der Waals surface area (Å²) in [6.07, 6.45) is -0.134. The molecule has 2 aromatic rings. The van der Waals surface area contributed by atoms with Crippen LogP contribution in [0.25, 0.3) is 10.4 Å². The van der Waals surface area contributed by atoms with E-state index >= 15 is 0 Å². The first kappa shape index (κ1) is 33.3. The monoisotopic (exact) mass is 629 g/mol. The Hall–Kier alpha value is -3.55. The van der Waals surface area contributed by atoms with Crippen LogP contribution in [0, 0.1) is 18.3 Å². The van der Waals surface area contributed by atoms with Crippen molar-refractivity contribution in [1.82, 2.24) is 25.4 Å². The van der Waals surface area contributed by atoms with E-state index in [1.807, 2.05) is 57.5 Å². The summed E-state index contributed by atoms with van der Waals surface area (Å²) in [4.78, 5) is 58.7. The molecule has 3 atom stereocenters. The van der Waals surface area contributed by atoms with Gasteiger partial charge in [0, 0.05) is 39.2 Å². The number of rotatable bonds is 12. The first-order valence-electron chi connectivity index (χ1n) is 14.9. The number of thiazole rings is 1. The number of likely N-dealkylation sites (tertiary alicyclic amines) is 2. The molecule has 1 aromatic heterocycles.